The molecule has 0 bridgehead atoms. The van der Waals surface area contributed by atoms with Crippen LogP contribution in [0.15, 0.2) is 0 Å². The number of nitrogens with zero attached hydrogens (tertiary/aromatic N) is 2. The molecule has 0 N–H and O–H groups in total. The Morgan fingerprint density at radius 3 is 2.69 bits per heavy atom. The highest BCUT2D eigenvalue weighted by molar-refractivity contribution is 6.28. The maximum atomic E-state index is 11.4. The molecular weight excluding hydrogens is 192 g/mol. The molecular formula is C8H11ClN2O2. The molecule has 13 heavy (non-hydrogen) atoms. The van der Waals surface area contributed by atoms with Gasteiger partial charge in [0, 0.05) is 7.05 Å². The SMILES string of the molecule is CCOC(=O)c1c(C)nc(Cl)n1C. The van der Waals surface area contributed by atoms with Crippen LogP contribution in [0, 0.1) is 6.92 Å². The van der Waals surface area contributed by atoms with Gasteiger partial charge >= 0.3 is 5.97 Å². The summed E-state index contributed by atoms with van der Waals surface area (Å²) in [6, 6.07) is 0. The molecule has 0 aliphatic rings. The van der Waals surface area contributed by atoms with Crippen LogP contribution in [0.2, 0.25) is 5.28 Å². The van der Waals surface area contributed by atoms with E-state index in [9.17, 15) is 4.79 Å². The van der Waals surface area contributed by atoms with Crippen LogP contribution in [-0.4, -0.2) is 22.1 Å². The second kappa shape index (κ2) is 3.79. The highest BCUT2D eigenvalue weighted by atomic mass is 35.5. The number of aromatic nitrogens is 2. The van der Waals surface area contributed by atoms with Gasteiger partial charge in [0.2, 0.25) is 5.28 Å². The number of carbonyl (C=O) groups is 1. The topological polar surface area (TPSA) is 44.1 Å². The van der Waals surface area contributed by atoms with Crippen LogP contribution >= 0.6 is 11.6 Å². The number of hydrogen-bond donors (Lipinski definition) is 0. The Kier molecular flexibility index (Phi) is 2.93. The predicted octanol–water partition coefficient (Wildman–Crippen LogP) is 1.56. The third-order valence-corrected chi connectivity index (χ3v) is 2.02. The second-order valence-electron chi connectivity index (χ2n) is 2.59. The fraction of sp³-hybridized carbons (Fsp3) is 0.500. The molecule has 1 aromatic heterocycles. The first-order valence-electron chi connectivity index (χ1n) is 3.93. The first-order valence-corrected chi connectivity index (χ1v) is 4.31. The van der Waals surface area contributed by atoms with E-state index >= 15 is 0 Å². The lowest BCUT2D eigenvalue weighted by molar-refractivity contribution is 0.0514. The van der Waals surface area contributed by atoms with Gasteiger partial charge in [0.1, 0.15) is 0 Å². The van der Waals surface area contributed by atoms with E-state index in [1.54, 1.807) is 20.9 Å². The molecule has 0 spiro atoms. The van der Waals surface area contributed by atoms with Gasteiger partial charge in [-0.1, -0.05) is 0 Å². The number of imidazole rings is 1. The number of esters is 1. The smallest absolute Gasteiger partial charge is 0.356 e. The van der Waals surface area contributed by atoms with E-state index in [4.69, 9.17) is 16.3 Å². The molecule has 1 heterocycles. The summed E-state index contributed by atoms with van der Waals surface area (Å²) in [5.41, 5.74) is 0.998. The Morgan fingerprint density at radius 2 is 2.31 bits per heavy atom. The third-order valence-electron chi connectivity index (χ3n) is 1.68. The van der Waals surface area contributed by atoms with Crippen molar-refractivity contribution in [2.45, 2.75) is 13.8 Å². The summed E-state index contributed by atoms with van der Waals surface area (Å²) in [5, 5.41) is 0.292. The Bertz CT molecular complexity index is 333. The van der Waals surface area contributed by atoms with Gasteiger partial charge in [-0.05, 0) is 25.4 Å². The molecule has 1 rings (SSSR count). The summed E-state index contributed by atoms with van der Waals surface area (Å²) >= 11 is 5.72. The van der Waals surface area contributed by atoms with Crippen LogP contribution < -0.4 is 0 Å². The zero-order valence-corrected chi connectivity index (χ0v) is 8.55. The zero-order valence-electron chi connectivity index (χ0n) is 7.80. The van der Waals surface area contributed by atoms with Gasteiger partial charge in [0.15, 0.2) is 5.69 Å². The Morgan fingerprint density at radius 1 is 1.69 bits per heavy atom. The highest BCUT2D eigenvalue weighted by Crippen LogP contribution is 2.14. The first-order chi connectivity index (χ1) is 6.07. The van der Waals surface area contributed by atoms with E-state index in [0.717, 1.165) is 0 Å². The van der Waals surface area contributed by atoms with Gasteiger partial charge in [0.25, 0.3) is 0 Å². The summed E-state index contributed by atoms with van der Waals surface area (Å²) < 4.78 is 6.35. The molecule has 0 aliphatic carbocycles. The normalized spacial score (nSPS) is 10.2. The van der Waals surface area contributed by atoms with Crippen molar-refractivity contribution in [1.82, 2.24) is 9.55 Å². The van der Waals surface area contributed by atoms with Crippen molar-refractivity contribution in [3.8, 4) is 0 Å². The lowest BCUT2D eigenvalue weighted by atomic mass is 10.3. The van der Waals surface area contributed by atoms with Crippen LogP contribution in [0.4, 0.5) is 0 Å². The number of rotatable bonds is 2. The van der Waals surface area contributed by atoms with Crippen LogP contribution in [0.3, 0.4) is 0 Å². The van der Waals surface area contributed by atoms with Gasteiger partial charge < -0.3 is 9.30 Å². The summed E-state index contributed by atoms with van der Waals surface area (Å²) in [4.78, 5) is 15.3. The van der Waals surface area contributed by atoms with Gasteiger partial charge in [-0.2, -0.15) is 0 Å². The Balaban J connectivity index is 3.06. The minimum Gasteiger partial charge on any atom is -0.461 e. The van der Waals surface area contributed by atoms with Crippen molar-refractivity contribution in [3.63, 3.8) is 0 Å². The molecule has 0 amide bonds. The number of carbonyl (C=O) groups excluding carboxylic acids is 1. The van der Waals surface area contributed by atoms with Crippen molar-refractivity contribution in [1.29, 1.82) is 0 Å². The van der Waals surface area contributed by atoms with E-state index in [1.165, 1.54) is 4.57 Å². The van der Waals surface area contributed by atoms with Crippen molar-refractivity contribution in [2.75, 3.05) is 6.61 Å². The molecule has 72 valence electrons. The molecule has 0 aromatic carbocycles. The lowest BCUT2D eigenvalue weighted by Gasteiger charge is -2.02. The summed E-state index contributed by atoms with van der Waals surface area (Å²) in [6.07, 6.45) is 0. The monoisotopic (exact) mass is 202 g/mol. The van der Waals surface area contributed by atoms with Crippen molar-refractivity contribution >= 4 is 17.6 Å². The third kappa shape index (κ3) is 1.83. The first kappa shape index (κ1) is 10.1. The average Bonchev–Trinajstić information content (AvgIpc) is 2.27. The molecule has 0 unspecified atom stereocenters. The lowest BCUT2D eigenvalue weighted by Crippen LogP contribution is -2.11. The summed E-state index contributed by atoms with van der Waals surface area (Å²) in [6.45, 7) is 3.82. The number of hydrogen-bond acceptors (Lipinski definition) is 3. The number of ether oxygens (including phenoxy) is 1. The minimum atomic E-state index is -0.387. The van der Waals surface area contributed by atoms with Crippen LogP contribution in [0.1, 0.15) is 23.1 Å². The fourth-order valence-electron chi connectivity index (χ4n) is 1.09. The van der Waals surface area contributed by atoms with E-state index in [1.807, 2.05) is 0 Å². The largest absolute Gasteiger partial charge is 0.461 e. The fourth-order valence-corrected chi connectivity index (χ4v) is 1.30. The van der Waals surface area contributed by atoms with E-state index in [0.29, 0.717) is 23.3 Å². The summed E-state index contributed by atoms with van der Waals surface area (Å²) in [5.74, 6) is -0.387. The van der Waals surface area contributed by atoms with E-state index in [-0.39, 0.29) is 5.97 Å². The van der Waals surface area contributed by atoms with E-state index < -0.39 is 0 Å². The van der Waals surface area contributed by atoms with Crippen molar-refractivity contribution in [2.24, 2.45) is 7.05 Å². The van der Waals surface area contributed by atoms with Gasteiger partial charge in [-0.3, -0.25) is 0 Å². The summed E-state index contributed by atoms with van der Waals surface area (Å²) in [7, 11) is 1.68. The second-order valence-corrected chi connectivity index (χ2v) is 2.93. The molecule has 5 heteroatoms. The molecule has 4 nitrogen and oxygen atoms in total. The highest BCUT2D eigenvalue weighted by Gasteiger charge is 2.17. The molecule has 0 saturated heterocycles. The molecule has 0 fully saturated rings. The zero-order chi connectivity index (χ0) is 10.0. The number of aryl methyl sites for hydroxylation is 1. The maximum Gasteiger partial charge on any atom is 0.356 e. The quantitative estimate of drug-likeness (QED) is 0.684. The van der Waals surface area contributed by atoms with Crippen LogP contribution in [0.5, 0.6) is 0 Å². The standard InChI is InChI=1S/C8H11ClN2O2/c1-4-13-7(12)6-5(2)10-8(9)11(6)3/h4H2,1-3H3. The molecule has 0 radical (unpaired) electrons. The van der Waals surface area contributed by atoms with Gasteiger partial charge in [-0.25, -0.2) is 9.78 Å². The van der Waals surface area contributed by atoms with E-state index in [2.05, 4.69) is 4.98 Å². The maximum absolute atomic E-state index is 11.4. The minimum absolute atomic E-state index is 0.292. The van der Waals surface area contributed by atoms with Crippen LogP contribution in [0.25, 0.3) is 0 Å². The predicted molar refractivity (Wildman–Crippen MR) is 48.9 cm³/mol. The average molecular weight is 203 g/mol. The van der Waals surface area contributed by atoms with Crippen molar-refractivity contribution < 1.29 is 9.53 Å². The van der Waals surface area contributed by atoms with Crippen molar-refractivity contribution in [3.05, 3.63) is 16.7 Å². The molecule has 1 aromatic rings. The molecule has 0 aliphatic heterocycles. The van der Waals surface area contributed by atoms with Crippen LogP contribution in [-0.2, 0) is 11.8 Å². The molecule has 0 atom stereocenters. The Labute approximate surface area is 81.5 Å². The van der Waals surface area contributed by atoms with Gasteiger partial charge in [0.05, 0.1) is 12.3 Å². The van der Waals surface area contributed by atoms with Gasteiger partial charge in [-0.15, -0.1) is 0 Å². The Hall–Kier alpha value is -1.03. The molecule has 0 saturated carbocycles. The number of halogens is 1.